The first-order valence-electron chi connectivity index (χ1n) is 10.8. The first-order valence-corrected chi connectivity index (χ1v) is 10.8. The standard InChI is InChI=1S/C24H31FO2/c1-22(2)12-13-24(27-21(22)26)11-9-20-19-6-4-15-14-16(25)5-7-17(15)18(19)8-10-23(20,24)3/h5,7,14,18-20H,4,6,8-13H2,1-3H3/t18?,19?,20?,23-,24+/m0/s1. The summed E-state index contributed by atoms with van der Waals surface area (Å²) in [4.78, 5) is 12.7. The average molecular weight is 371 g/mol. The van der Waals surface area contributed by atoms with E-state index < -0.39 is 0 Å². The lowest BCUT2D eigenvalue weighted by molar-refractivity contribution is -0.206. The number of carbonyl (C=O) groups is 1. The van der Waals surface area contributed by atoms with Crippen LogP contribution in [0.1, 0.15) is 82.8 Å². The first-order chi connectivity index (χ1) is 12.8. The largest absolute Gasteiger partial charge is 0.458 e. The van der Waals surface area contributed by atoms with Crippen molar-refractivity contribution >= 4 is 5.97 Å². The molecule has 1 aromatic carbocycles. The third-order valence-corrected chi connectivity index (χ3v) is 8.97. The van der Waals surface area contributed by atoms with E-state index in [9.17, 15) is 9.18 Å². The fourth-order valence-corrected chi connectivity index (χ4v) is 7.20. The Balaban J connectivity index is 1.47. The first kappa shape index (κ1) is 17.7. The highest BCUT2D eigenvalue weighted by Crippen LogP contribution is 2.67. The molecule has 2 nitrogen and oxygen atoms in total. The molecule has 27 heavy (non-hydrogen) atoms. The lowest BCUT2D eigenvalue weighted by Crippen LogP contribution is -2.56. The molecule has 0 radical (unpaired) electrons. The molecule has 3 unspecified atom stereocenters. The molecule has 0 bridgehead atoms. The van der Waals surface area contributed by atoms with E-state index in [1.165, 1.54) is 17.5 Å². The van der Waals surface area contributed by atoms with Crippen LogP contribution < -0.4 is 0 Å². The minimum Gasteiger partial charge on any atom is -0.458 e. The van der Waals surface area contributed by atoms with Crippen molar-refractivity contribution in [2.45, 2.75) is 83.7 Å². The molecular formula is C24H31FO2. The number of fused-ring (bicyclic) bond motifs is 6. The molecule has 0 amide bonds. The number of ether oxygens (including phenoxy) is 1. The number of benzene rings is 1. The number of aryl methyl sites for hydroxylation is 1. The van der Waals surface area contributed by atoms with E-state index in [2.05, 4.69) is 6.92 Å². The van der Waals surface area contributed by atoms with Gasteiger partial charge < -0.3 is 4.74 Å². The molecule has 3 aliphatic carbocycles. The van der Waals surface area contributed by atoms with Crippen molar-refractivity contribution in [2.75, 3.05) is 0 Å². The van der Waals surface area contributed by atoms with Gasteiger partial charge >= 0.3 is 5.97 Å². The van der Waals surface area contributed by atoms with E-state index in [-0.39, 0.29) is 28.2 Å². The van der Waals surface area contributed by atoms with Crippen molar-refractivity contribution in [3.05, 3.63) is 35.1 Å². The molecule has 1 aromatic rings. The molecule has 5 atom stereocenters. The highest BCUT2D eigenvalue weighted by atomic mass is 19.1. The van der Waals surface area contributed by atoms with Crippen LogP contribution >= 0.6 is 0 Å². The van der Waals surface area contributed by atoms with E-state index in [1.54, 1.807) is 12.1 Å². The average Bonchev–Trinajstić information content (AvgIpc) is 2.91. The van der Waals surface area contributed by atoms with Crippen LogP contribution in [0.3, 0.4) is 0 Å². The molecule has 1 saturated heterocycles. The molecule has 1 aliphatic heterocycles. The summed E-state index contributed by atoms with van der Waals surface area (Å²) in [5, 5.41) is 0. The minimum atomic E-state index is -0.343. The van der Waals surface area contributed by atoms with Crippen molar-refractivity contribution in [3.63, 3.8) is 0 Å². The number of hydrogen-bond donors (Lipinski definition) is 0. The Hall–Kier alpha value is -1.38. The molecule has 2 saturated carbocycles. The topological polar surface area (TPSA) is 26.3 Å². The van der Waals surface area contributed by atoms with Gasteiger partial charge in [-0.25, -0.2) is 4.39 Å². The summed E-state index contributed by atoms with van der Waals surface area (Å²) in [6.45, 7) is 6.45. The van der Waals surface area contributed by atoms with Crippen molar-refractivity contribution in [3.8, 4) is 0 Å². The van der Waals surface area contributed by atoms with Gasteiger partial charge in [-0.3, -0.25) is 4.79 Å². The van der Waals surface area contributed by atoms with Gasteiger partial charge in [0.2, 0.25) is 0 Å². The Morgan fingerprint density at radius 1 is 1.04 bits per heavy atom. The molecule has 3 heteroatoms. The second-order valence-corrected chi connectivity index (χ2v) is 10.5. The number of esters is 1. The summed E-state index contributed by atoms with van der Waals surface area (Å²) in [5.74, 6) is 1.71. The summed E-state index contributed by atoms with van der Waals surface area (Å²) in [6, 6.07) is 5.43. The van der Waals surface area contributed by atoms with Gasteiger partial charge in [-0.1, -0.05) is 13.0 Å². The predicted octanol–water partition coefficient (Wildman–Crippen LogP) is 5.78. The van der Waals surface area contributed by atoms with Gasteiger partial charge in [0.25, 0.3) is 0 Å². The Labute approximate surface area is 161 Å². The molecule has 146 valence electrons. The zero-order valence-corrected chi connectivity index (χ0v) is 16.8. The van der Waals surface area contributed by atoms with Crippen LogP contribution in [0.4, 0.5) is 4.39 Å². The van der Waals surface area contributed by atoms with Gasteiger partial charge in [-0.2, -0.15) is 0 Å². The molecule has 5 rings (SSSR count). The van der Waals surface area contributed by atoms with Gasteiger partial charge in [0.1, 0.15) is 11.4 Å². The number of rotatable bonds is 0. The monoisotopic (exact) mass is 370 g/mol. The van der Waals surface area contributed by atoms with Crippen LogP contribution in [0.2, 0.25) is 0 Å². The summed E-state index contributed by atoms with van der Waals surface area (Å²) in [5.41, 5.74) is 2.11. The van der Waals surface area contributed by atoms with E-state index in [0.717, 1.165) is 44.9 Å². The Kier molecular flexibility index (Phi) is 3.66. The lowest BCUT2D eigenvalue weighted by Gasteiger charge is -2.56. The normalized spacial score (nSPS) is 42.2. The SMILES string of the molecule is CC1(C)CC[C@@]2(CCC3C4CCc5cc(F)ccc5C4CC[C@@]32C)OC1=O. The maximum atomic E-state index is 13.7. The second kappa shape index (κ2) is 5.58. The molecule has 0 N–H and O–H groups in total. The summed E-state index contributed by atoms with van der Waals surface area (Å²) in [7, 11) is 0. The second-order valence-electron chi connectivity index (χ2n) is 10.5. The van der Waals surface area contributed by atoms with Gasteiger partial charge in [-0.15, -0.1) is 0 Å². The molecule has 0 aromatic heterocycles. The maximum Gasteiger partial charge on any atom is 0.312 e. The fourth-order valence-electron chi connectivity index (χ4n) is 7.20. The molecule has 3 fully saturated rings. The lowest BCUT2D eigenvalue weighted by atomic mass is 9.52. The van der Waals surface area contributed by atoms with Gasteiger partial charge in [0.05, 0.1) is 5.41 Å². The zero-order valence-electron chi connectivity index (χ0n) is 16.8. The van der Waals surface area contributed by atoms with Gasteiger partial charge in [0, 0.05) is 5.41 Å². The van der Waals surface area contributed by atoms with Crippen molar-refractivity contribution < 1.29 is 13.9 Å². The molecular weight excluding hydrogens is 339 g/mol. The van der Waals surface area contributed by atoms with E-state index in [0.29, 0.717) is 17.8 Å². The summed E-state index contributed by atoms with van der Waals surface area (Å²) >= 11 is 0. The highest BCUT2D eigenvalue weighted by molar-refractivity contribution is 5.77. The number of halogens is 1. The fraction of sp³-hybridized carbons (Fsp3) is 0.708. The minimum absolute atomic E-state index is 0.00205. The molecule has 4 aliphatic rings. The van der Waals surface area contributed by atoms with Crippen LogP contribution in [-0.4, -0.2) is 11.6 Å². The summed E-state index contributed by atoms with van der Waals surface area (Å²) < 4.78 is 20.0. The van der Waals surface area contributed by atoms with Crippen molar-refractivity contribution in [2.24, 2.45) is 22.7 Å². The van der Waals surface area contributed by atoms with Crippen molar-refractivity contribution in [1.29, 1.82) is 0 Å². The zero-order chi connectivity index (χ0) is 19.0. The number of carbonyl (C=O) groups excluding carboxylic acids is 1. The van der Waals surface area contributed by atoms with E-state index in [4.69, 9.17) is 4.74 Å². The van der Waals surface area contributed by atoms with Crippen molar-refractivity contribution in [1.82, 2.24) is 0 Å². The Morgan fingerprint density at radius 2 is 1.85 bits per heavy atom. The Bertz CT molecular complexity index is 800. The number of hydrogen-bond acceptors (Lipinski definition) is 2. The Morgan fingerprint density at radius 3 is 2.63 bits per heavy atom. The van der Waals surface area contributed by atoms with E-state index in [1.807, 2.05) is 19.9 Å². The third-order valence-electron chi connectivity index (χ3n) is 8.97. The molecule has 1 heterocycles. The third kappa shape index (κ3) is 2.32. The van der Waals surface area contributed by atoms with Gasteiger partial charge in [0.15, 0.2) is 0 Å². The summed E-state index contributed by atoms with van der Waals surface area (Å²) in [6.07, 6.45) is 8.53. The molecule has 1 spiro atoms. The van der Waals surface area contributed by atoms with Crippen LogP contribution in [0, 0.1) is 28.5 Å². The van der Waals surface area contributed by atoms with E-state index >= 15 is 0 Å². The van der Waals surface area contributed by atoms with Crippen LogP contribution in [0.15, 0.2) is 18.2 Å². The quantitative estimate of drug-likeness (QED) is 0.541. The predicted molar refractivity (Wildman–Crippen MR) is 103 cm³/mol. The maximum absolute atomic E-state index is 13.7. The van der Waals surface area contributed by atoms with Gasteiger partial charge in [-0.05, 0) is 106 Å². The van der Waals surface area contributed by atoms with Crippen LogP contribution in [0.25, 0.3) is 0 Å². The van der Waals surface area contributed by atoms with Crippen LogP contribution in [-0.2, 0) is 16.0 Å². The van der Waals surface area contributed by atoms with Crippen LogP contribution in [0.5, 0.6) is 0 Å². The smallest absolute Gasteiger partial charge is 0.312 e. The highest BCUT2D eigenvalue weighted by Gasteiger charge is 2.65.